The standard InChI is InChI=1S/C24H32N6O2/c1-28(2)24(19-6-4-3-5-7-19)11-9-23(10-12-24)18-30(22(31)27-23)20-8-13-25-21(26-20)29-14-16-32-17-15-29/h3-8,13H,9-12,14-18H2,1-2H3,(H,27,31)/t23-,24-. The number of aromatic nitrogens is 2. The predicted molar refractivity (Wildman–Crippen MR) is 124 cm³/mol. The molecule has 2 saturated heterocycles. The summed E-state index contributed by atoms with van der Waals surface area (Å²) in [5, 5.41) is 3.32. The van der Waals surface area contributed by atoms with E-state index in [1.54, 1.807) is 11.1 Å². The number of hydrogen-bond acceptors (Lipinski definition) is 6. The van der Waals surface area contributed by atoms with Gasteiger partial charge in [-0.3, -0.25) is 9.80 Å². The first kappa shape index (κ1) is 21.2. The van der Waals surface area contributed by atoms with Gasteiger partial charge in [0.1, 0.15) is 5.82 Å². The fourth-order valence-corrected chi connectivity index (χ4v) is 5.47. The van der Waals surface area contributed by atoms with E-state index in [-0.39, 0.29) is 17.1 Å². The van der Waals surface area contributed by atoms with Crippen LogP contribution >= 0.6 is 0 Å². The molecule has 2 amide bonds. The third-order valence-electron chi connectivity index (χ3n) is 7.48. The number of benzene rings is 1. The van der Waals surface area contributed by atoms with Crippen molar-refractivity contribution in [2.45, 2.75) is 36.8 Å². The molecule has 3 heterocycles. The lowest BCUT2D eigenvalue weighted by Gasteiger charge is -2.48. The van der Waals surface area contributed by atoms with Crippen LogP contribution in [0.3, 0.4) is 0 Å². The van der Waals surface area contributed by atoms with Crippen LogP contribution in [-0.4, -0.2) is 73.4 Å². The Morgan fingerprint density at radius 3 is 2.44 bits per heavy atom. The number of hydrogen-bond donors (Lipinski definition) is 1. The Labute approximate surface area is 189 Å². The number of ether oxygens (including phenoxy) is 1. The maximum absolute atomic E-state index is 13.0. The van der Waals surface area contributed by atoms with Crippen LogP contribution in [0.4, 0.5) is 16.6 Å². The number of amides is 2. The van der Waals surface area contributed by atoms with Crippen LogP contribution in [0, 0.1) is 0 Å². The molecule has 1 aliphatic carbocycles. The normalized spacial score (nSPS) is 28.4. The molecule has 0 unspecified atom stereocenters. The van der Waals surface area contributed by atoms with Crippen LogP contribution in [0.1, 0.15) is 31.2 Å². The molecule has 32 heavy (non-hydrogen) atoms. The highest BCUT2D eigenvalue weighted by molar-refractivity contribution is 5.94. The van der Waals surface area contributed by atoms with Crippen molar-refractivity contribution in [3.63, 3.8) is 0 Å². The van der Waals surface area contributed by atoms with Gasteiger partial charge in [-0.25, -0.2) is 9.78 Å². The third-order valence-corrected chi connectivity index (χ3v) is 7.48. The Morgan fingerprint density at radius 1 is 1.03 bits per heavy atom. The van der Waals surface area contributed by atoms with Gasteiger partial charge in [-0.2, -0.15) is 4.98 Å². The summed E-state index contributed by atoms with van der Waals surface area (Å²) in [6.45, 7) is 3.53. The molecule has 1 aromatic heterocycles. The predicted octanol–water partition coefficient (Wildman–Crippen LogP) is 2.61. The topological polar surface area (TPSA) is 73.8 Å². The molecule has 5 rings (SSSR count). The Balaban J connectivity index is 1.33. The van der Waals surface area contributed by atoms with E-state index in [4.69, 9.17) is 9.72 Å². The first-order valence-corrected chi connectivity index (χ1v) is 11.5. The van der Waals surface area contributed by atoms with E-state index in [1.165, 1.54) is 5.56 Å². The molecule has 0 radical (unpaired) electrons. The minimum Gasteiger partial charge on any atom is -0.378 e. The van der Waals surface area contributed by atoms with Gasteiger partial charge >= 0.3 is 6.03 Å². The summed E-state index contributed by atoms with van der Waals surface area (Å²) in [6, 6.07) is 12.5. The van der Waals surface area contributed by atoms with Crippen molar-refractivity contribution in [1.29, 1.82) is 0 Å². The Morgan fingerprint density at radius 2 is 1.75 bits per heavy atom. The Hall–Kier alpha value is -2.71. The van der Waals surface area contributed by atoms with Gasteiger partial charge in [0, 0.05) is 24.8 Å². The lowest BCUT2D eigenvalue weighted by molar-refractivity contribution is 0.0657. The van der Waals surface area contributed by atoms with Crippen LogP contribution in [0.5, 0.6) is 0 Å². The number of urea groups is 1. The van der Waals surface area contributed by atoms with Gasteiger partial charge in [0.25, 0.3) is 0 Å². The van der Waals surface area contributed by atoms with Crippen molar-refractivity contribution in [2.75, 3.05) is 56.7 Å². The zero-order valence-electron chi connectivity index (χ0n) is 19.0. The molecule has 1 saturated carbocycles. The van der Waals surface area contributed by atoms with E-state index >= 15 is 0 Å². The van der Waals surface area contributed by atoms with Crippen LogP contribution < -0.4 is 15.1 Å². The molecular weight excluding hydrogens is 404 g/mol. The summed E-state index contributed by atoms with van der Waals surface area (Å²) < 4.78 is 5.43. The highest BCUT2D eigenvalue weighted by Gasteiger charge is 2.50. The van der Waals surface area contributed by atoms with Gasteiger partial charge in [0.2, 0.25) is 5.95 Å². The van der Waals surface area contributed by atoms with Crippen molar-refractivity contribution < 1.29 is 9.53 Å². The Kier molecular flexibility index (Phi) is 5.51. The average Bonchev–Trinajstić information content (AvgIpc) is 3.16. The van der Waals surface area contributed by atoms with Crippen LogP contribution in [0.15, 0.2) is 42.6 Å². The van der Waals surface area contributed by atoms with Crippen molar-refractivity contribution in [3.8, 4) is 0 Å². The molecule has 2 aliphatic heterocycles. The summed E-state index contributed by atoms with van der Waals surface area (Å²) in [4.78, 5) is 28.4. The maximum Gasteiger partial charge on any atom is 0.323 e. The first-order chi connectivity index (χ1) is 15.5. The molecule has 0 bridgehead atoms. The zero-order chi connectivity index (χ0) is 22.2. The van der Waals surface area contributed by atoms with Gasteiger partial charge in [-0.05, 0) is 51.4 Å². The van der Waals surface area contributed by atoms with Crippen LogP contribution in [0.2, 0.25) is 0 Å². The SMILES string of the molecule is CN(C)[C@]1(c2ccccc2)CC[C@@]2(CC1)CN(c1ccnc(N3CCOCC3)n1)C(=O)N2. The summed E-state index contributed by atoms with van der Waals surface area (Å²) in [5.41, 5.74) is 1.14. The number of nitrogens with one attached hydrogen (secondary N) is 1. The highest BCUT2D eigenvalue weighted by Crippen LogP contribution is 2.46. The van der Waals surface area contributed by atoms with Crippen molar-refractivity contribution in [1.82, 2.24) is 20.2 Å². The quantitative estimate of drug-likeness (QED) is 0.794. The number of carbonyl (C=O) groups excluding carboxylic acids is 1. The summed E-state index contributed by atoms with van der Waals surface area (Å²) >= 11 is 0. The Bertz CT molecular complexity index is 952. The largest absolute Gasteiger partial charge is 0.378 e. The summed E-state index contributed by atoms with van der Waals surface area (Å²) in [7, 11) is 4.33. The first-order valence-electron chi connectivity index (χ1n) is 11.5. The molecule has 170 valence electrons. The molecule has 2 aromatic rings. The maximum atomic E-state index is 13.0. The molecule has 8 nitrogen and oxygen atoms in total. The minimum atomic E-state index is -0.213. The molecule has 3 fully saturated rings. The number of nitrogens with zero attached hydrogens (tertiary/aromatic N) is 5. The van der Waals surface area contributed by atoms with Gasteiger partial charge in [0.05, 0.1) is 25.3 Å². The monoisotopic (exact) mass is 436 g/mol. The molecule has 0 atom stereocenters. The summed E-state index contributed by atoms with van der Waals surface area (Å²) in [6.07, 6.45) is 5.62. The number of anilines is 2. The fourth-order valence-electron chi connectivity index (χ4n) is 5.47. The number of rotatable bonds is 4. The second-order valence-corrected chi connectivity index (χ2v) is 9.40. The zero-order valence-corrected chi connectivity index (χ0v) is 19.0. The lowest BCUT2D eigenvalue weighted by atomic mass is 9.69. The smallest absolute Gasteiger partial charge is 0.323 e. The van der Waals surface area contributed by atoms with E-state index in [9.17, 15) is 4.79 Å². The van der Waals surface area contributed by atoms with E-state index in [2.05, 4.69) is 64.5 Å². The van der Waals surface area contributed by atoms with Crippen molar-refractivity contribution >= 4 is 17.8 Å². The molecule has 8 heteroatoms. The lowest BCUT2D eigenvalue weighted by Crippen LogP contribution is -2.54. The van der Waals surface area contributed by atoms with Gasteiger partial charge in [-0.1, -0.05) is 30.3 Å². The molecule has 1 aromatic carbocycles. The van der Waals surface area contributed by atoms with E-state index in [1.807, 2.05) is 6.07 Å². The minimum absolute atomic E-state index is 0.00305. The van der Waals surface area contributed by atoms with Gasteiger partial charge < -0.3 is 15.0 Å². The number of morpholine rings is 1. The van der Waals surface area contributed by atoms with Crippen LogP contribution in [0.25, 0.3) is 0 Å². The van der Waals surface area contributed by atoms with Crippen molar-refractivity contribution in [3.05, 3.63) is 48.2 Å². The van der Waals surface area contributed by atoms with Crippen LogP contribution in [-0.2, 0) is 10.3 Å². The van der Waals surface area contributed by atoms with E-state index < -0.39 is 0 Å². The second kappa shape index (κ2) is 8.33. The third kappa shape index (κ3) is 3.71. The van der Waals surface area contributed by atoms with Gasteiger partial charge in [0.15, 0.2) is 0 Å². The number of carbonyl (C=O) groups is 1. The molecular formula is C24H32N6O2. The fraction of sp³-hybridized carbons (Fsp3) is 0.542. The second-order valence-electron chi connectivity index (χ2n) is 9.40. The molecule has 1 N–H and O–H groups in total. The molecule has 1 spiro atoms. The molecule has 3 aliphatic rings. The highest BCUT2D eigenvalue weighted by atomic mass is 16.5. The van der Waals surface area contributed by atoms with Crippen molar-refractivity contribution in [2.24, 2.45) is 0 Å². The van der Waals surface area contributed by atoms with E-state index in [0.717, 1.165) is 38.8 Å². The van der Waals surface area contributed by atoms with Gasteiger partial charge in [-0.15, -0.1) is 0 Å². The summed E-state index contributed by atoms with van der Waals surface area (Å²) in [5.74, 6) is 1.34. The van der Waals surface area contributed by atoms with E-state index in [0.29, 0.717) is 31.5 Å². The average molecular weight is 437 g/mol.